The minimum Gasteiger partial charge on any atom is -0.362 e. The van der Waals surface area contributed by atoms with Crippen LogP contribution in [0.4, 0.5) is 10.2 Å². The predicted molar refractivity (Wildman–Crippen MR) is 92.5 cm³/mol. The second-order valence-corrected chi connectivity index (χ2v) is 5.96. The molecule has 1 N–H and O–H groups in total. The van der Waals surface area contributed by atoms with Crippen molar-refractivity contribution in [1.82, 2.24) is 9.13 Å². The fraction of sp³-hybridized carbons (Fsp3) is 0.167. The van der Waals surface area contributed by atoms with E-state index in [0.29, 0.717) is 13.9 Å². The monoisotopic (exact) mass is 501 g/mol. The number of rotatable bonds is 3. The third-order valence-electron chi connectivity index (χ3n) is 2.72. The molecule has 20 heavy (non-hydrogen) atoms. The Balaban J connectivity index is 2.73. The third-order valence-corrected chi connectivity index (χ3v) is 3.77. The smallest absolute Gasteiger partial charge is 0.337 e. The predicted octanol–water partition coefficient (Wildman–Crippen LogP) is 2.08. The molecule has 0 saturated heterocycles. The maximum atomic E-state index is 13.9. The second-order valence-electron chi connectivity index (χ2n) is 3.95. The number of hydrogen-bond acceptors (Lipinski definition) is 3. The minimum atomic E-state index is -0.606. The van der Waals surface area contributed by atoms with Gasteiger partial charge in [0.25, 0.3) is 5.56 Å². The molecule has 0 amide bonds. The van der Waals surface area contributed by atoms with Crippen LogP contribution in [-0.4, -0.2) is 13.7 Å². The molecule has 1 aromatic carbocycles. The van der Waals surface area contributed by atoms with Gasteiger partial charge in [0, 0.05) is 16.7 Å². The molecule has 0 aliphatic heterocycles. The highest BCUT2D eigenvalue weighted by Gasteiger charge is 2.13. The molecule has 8 heteroatoms. The molecule has 0 unspecified atom stereocenters. The molecule has 5 nitrogen and oxygen atoms in total. The van der Waals surface area contributed by atoms with Gasteiger partial charge in [-0.05, 0) is 40.8 Å². The lowest BCUT2D eigenvalue weighted by Gasteiger charge is -2.12. The van der Waals surface area contributed by atoms with Crippen molar-refractivity contribution in [3.05, 3.63) is 54.5 Å². The number of benzene rings is 1. The Kier molecular flexibility index (Phi) is 4.83. The first-order valence-corrected chi connectivity index (χ1v) is 8.14. The van der Waals surface area contributed by atoms with Gasteiger partial charge >= 0.3 is 5.69 Å². The maximum absolute atomic E-state index is 13.9. The van der Waals surface area contributed by atoms with Gasteiger partial charge in [0.2, 0.25) is 0 Å². The fourth-order valence-electron chi connectivity index (χ4n) is 1.75. The van der Waals surface area contributed by atoms with Crippen molar-refractivity contribution in [1.29, 1.82) is 0 Å². The van der Waals surface area contributed by atoms with Crippen LogP contribution in [-0.2, 0) is 7.05 Å². The molecule has 0 bridgehead atoms. The number of anilines is 1. The van der Waals surface area contributed by atoms with Crippen molar-refractivity contribution in [3.8, 4) is 5.69 Å². The van der Waals surface area contributed by atoms with Gasteiger partial charge in [-0.3, -0.25) is 9.36 Å². The summed E-state index contributed by atoms with van der Waals surface area (Å²) < 4.78 is 17.3. The van der Waals surface area contributed by atoms with Gasteiger partial charge in [-0.15, -0.1) is 0 Å². The van der Waals surface area contributed by atoms with Crippen LogP contribution in [0.15, 0.2) is 33.9 Å². The Morgan fingerprint density at radius 1 is 1.30 bits per heavy atom. The van der Waals surface area contributed by atoms with Crippen molar-refractivity contribution >= 4 is 51.0 Å². The van der Waals surface area contributed by atoms with Crippen LogP contribution in [0.5, 0.6) is 0 Å². The van der Waals surface area contributed by atoms with E-state index in [-0.39, 0.29) is 5.69 Å². The van der Waals surface area contributed by atoms with Crippen molar-refractivity contribution in [2.24, 2.45) is 7.05 Å². The molecule has 2 aromatic rings. The van der Waals surface area contributed by atoms with Crippen LogP contribution in [0.2, 0.25) is 0 Å². The molecule has 0 saturated carbocycles. The molecular formula is C12H10FI2N3O2. The Bertz CT molecular complexity index is 770. The molecule has 0 radical (unpaired) electrons. The molecule has 0 spiro atoms. The first-order chi connectivity index (χ1) is 9.45. The van der Waals surface area contributed by atoms with E-state index in [1.54, 1.807) is 6.07 Å². The molecule has 0 aliphatic carbocycles. The zero-order valence-electron chi connectivity index (χ0n) is 10.4. The van der Waals surface area contributed by atoms with Gasteiger partial charge in [0.1, 0.15) is 11.6 Å². The lowest BCUT2D eigenvalue weighted by Crippen LogP contribution is -2.38. The number of hydrogen-bond donors (Lipinski definition) is 1. The van der Waals surface area contributed by atoms with Crippen molar-refractivity contribution in [2.75, 3.05) is 9.87 Å². The van der Waals surface area contributed by atoms with Gasteiger partial charge < -0.3 is 5.32 Å². The standard InChI is InChI=1S/C12H10FI2N3O2/c1-17-10(16-6-14)5-11(19)18(12(17)20)9-3-2-7(15)4-8(9)13/h2-5,16H,6H2,1H3. The molecular weight excluding hydrogens is 491 g/mol. The molecule has 2 rings (SSSR count). The quantitative estimate of drug-likeness (QED) is 0.399. The zero-order chi connectivity index (χ0) is 14.9. The number of alkyl halides is 1. The lowest BCUT2D eigenvalue weighted by molar-refractivity contribution is 0.606. The Morgan fingerprint density at radius 2 is 2.00 bits per heavy atom. The van der Waals surface area contributed by atoms with Gasteiger partial charge in [-0.2, -0.15) is 0 Å². The van der Waals surface area contributed by atoms with Crippen LogP contribution in [0, 0.1) is 9.39 Å². The Labute approximate surface area is 141 Å². The Hall–Kier alpha value is -0.910. The number of nitrogens with one attached hydrogen (secondary N) is 1. The van der Waals surface area contributed by atoms with Crippen LogP contribution >= 0.6 is 45.2 Å². The van der Waals surface area contributed by atoms with E-state index in [4.69, 9.17) is 0 Å². The highest BCUT2D eigenvalue weighted by molar-refractivity contribution is 14.1. The van der Waals surface area contributed by atoms with E-state index in [9.17, 15) is 14.0 Å². The van der Waals surface area contributed by atoms with Crippen LogP contribution in [0.3, 0.4) is 0 Å². The largest absolute Gasteiger partial charge is 0.362 e. The van der Waals surface area contributed by atoms with Crippen molar-refractivity contribution in [3.63, 3.8) is 0 Å². The number of halogens is 3. The summed E-state index contributed by atoms with van der Waals surface area (Å²) in [7, 11) is 1.53. The van der Waals surface area contributed by atoms with Crippen LogP contribution in [0.25, 0.3) is 5.69 Å². The number of nitrogens with zero attached hydrogens (tertiary/aromatic N) is 2. The molecule has 0 atom stereocenters. The van der Waals surface area contributed by atoms with Gasteiger partial charge in [-0.1, -0.05) is 22.6 Å². The molecule has 1 heterocycles. The summed E-state index contributed by atoms with van der Waals surface area (Å²) in [6.45, 7) is 0. The van der Waals surface area contributed by atoms with E-state index in [2.05, 4.69) is 27.9 Å². The summed E-state index contributed by atoms with van der Waals surface area (Å²) in [6.07, 6.45) is 0. The minimum absolute atomic E-state index is 0.0444. The lowest BCUT2D eigenvalue weighted by atomic mass is 10.3. The summed E-state index contributed by atoms with van der Waals surface area (Å²) >= 11 is 4.02. The summed E-state index contributed by atoms with van der Waals surface area (Å²) in [6, 6.07) is 5.61. The average Bonchev–Trinajstić information content (AvgIpc) is 2.38. The highest BCUT2D eigenvalue weighted by atomic mass is 127. The van der Waals surface area contributed by atoms with Gasteiger partial charge in [-0.25, -0.2) is 13.8 Å². The molecule has 106 valence electrons. The molecule has 0 fully saturated rings. The van der Waals surface area contributed by atoms with Crippen molar-refractivity contribution in [2.45, 2.75) is 0 Å². The first kappa shape index (κ1) is 15.5. The van der Waals surface area contributed by atoms with Gasteiger partial charge in [0.05, 0.1) is 10.2 Å². The van der Waals surface area contributed by atoms with E-state index in [1.165, 1.54) is 29.8 Å². The number of aromatic nitrogens is 2. The van der Waals surface area contributed by atoms with Gasteiger partial charge in [0.15, 0.2) is 0 Å². The summed E-state index contributed by atoms with van der Waals surface area (Å²) in [5.41, 5.74) is -1.21. The topological polar surface area (TPSA) is 56.0 Å². The van der Waals surface area contributed by atoms with E-state index in [0.717, 1.165) is 4.57 Å². The average molecular weight is 501 g/mol. The van der Waals surface area contributed by atoms with Crippen LogP contribution in [0.1, 0.15) is 0 Å². The summed E-state index contributed by atoms with van der Waals surface area (Å²) in [5.74, 6) is -0.206. The van der Waals surface area contributed by atoms with E-state index >= 15 is 0 Å². The zero-order valence-corrected chi connectivity index (χ0v) is 14.7. The highest BCUT2D eigenvalue weighted by Crippen LogP contribution is 2.14. The summed E-state index contributed by atoms with van der Waals surface area (Å²) in [5, 5.41) is 2.90. The van der Waals surface area contributed by atoms with E-state index < -0.39 is 17.1 Å². The molecule has 1 aromatic heterocycles. The van der Waals surface area contributed by atoms with Crippen molar-refractivity contribution < 1.29 is 4.39 Å². The maximum Gasteiger partial charge on any atom is 0.337 e. The fourth-order valence-corrected chi connectivity index (χ4v) is 2.59. The summed E-state index contributed by atoms with van der Waals surface area (Å²) in [4.78, 5) is 24.3. The second kappa shape index (κ2) is 6.24. The third kappa shape index (κ3) is 2.90. The normalized spacial score (nSPS) is 10.6. The molecule has 0 aliphatic rings. The SMILES string of the molecule is Cn1c(NCI)cc(=O)n(-c2ccc(I)cc2F)c1=O. The Morgan fingerprint density at radius 3 is 2.60 bits per heavy atom. The van der Waals surface area contributed by atoms with E-state index in [1.807, 2.05) is 22.6 Å². The van der Waals surface area contributed by atoms with Crippen LogP contribution < -0.4 is 16.6 Å². The first-order valence-electron chi connectivity index (χ1n) is 5.54.